The van der Waals surface area contributed by atoms with Crippen LogP contribution in [0.4, 0.5) is 0 Å². The maximum Gasteiger partial charge on any atom is 0.192 e. The zero-order valence-corrected chi connectivity index (χ0v) is 32.0. The minimum absolute atomic E-state index is 0.0549. The van der Waals surface area contributed by atoms with E-state index in [-0.39, 0.29) is 28.6 Å². The summed E-state index contributed by atoms with van der Waals surface area (Å²) in [5.74, 6) is 3.35. The standard InChI is InChI=1S/C37H68O4Si2/c1-27(14-12-17-35-38-22-23-39-35)32-20-21-33-29(15-13-16-34(32)33)19-18-28-24-30(40-42(8,9)36(2,3)4)26-31(25-28)41-43(10,11)37(5,6)7/h18-19,27,30-35H,12-17,20-26H2,1-11H3/t27?,30-,31-,32-,33+,34-/m1/s1. The van der Waals surface area contributed by atoms with Crippen LogP contribution in [0.5, 0.6) is 0 Å². The Kier molecular flexibility index (Phi) is 11.8. The van der Waals surface area contributed by atoms with Gasteiger partial charge >= 0.3 is 0 Å². The summed E-state index contributed by atoms with van der Waals surface area (Å²) >= 11 is 0. The smallest absolute Gasteiger partial charge is 0.192 e. The van der Waals surface area contributed by atoms with Crippen LogP contribution in [0.1, 0.15) is 119 Å². The first-order valence-electron chi connectivity index (χ1n) is 17.9. The van der Waals surface area contributed by atoms with Gasteiger partial charge < -0.3 is 18.3 Å². The van der Waals surface area contributed by atoms with Gasteiger partial charge in [0.05, 0.1) is 25.4 Å². The molecular formula is C37H68O4Si2. The Morgan fingerprint density at radius 3 is 1.98 bits per heavy atom. The zero-order chi connectivity index (χ0) is 31.6. The Morgan fingerprint density at radius 2 is 1.42 bits per heavy atom. The summed E-state index contributed by atoms with van der Waals surface area (Å²) in [5, 5.41) is 0.439. The van der Waals surface area contributed by atoms with Crippen LogP contribution >= 0.6 is 0 Å². The van der Waals surface area contributed by atoms with Crippen molar-refractivity contribution in [2.24, 2.45) is 23.7 Å². The largest absolute Gasteiger partial charge is 0.414 e. The fraction of sp³-hybridized carbons (Fsp3) is 0.892. The molecule has 0 aromatic heterocycles. The number of hydrogen-bond acceptors (Lipinski definition) is 4. The maximum atomic E-state index is 7.07. The number of allylic oxidation sites excluding steroid dienone is 3. The van der Waals surface area contributed by atoms with Crippen molar-refractivity contribution >= 4 is 16.6 Å². The summed E-state index contributed by atoms with van der Waals surface area (Å²) in [6, 6.07) is 0. The second-order valence-electron chi connectivity index (χ2n) is 17.7. The summed E-state index contributed by atoms with van der Waals surface area (Å²) in [4.78, 5) is 0. The third kappa shape index (κ3) is 9.19. The lowest BCUT2D eigenvalue weighted by Crippen LogP contribution is -2.48. The van der Waals surface area contributed by atoms with E-state index in [1.807, 2.05) is 0 Å². The molecule has 4 rings (SSSR count). The van der Waals surface area contributed by atoms with Gasteiger partial charge in [0, 0.05) is 0 Å². The molecule has 0 amide bonds. The van der Waals surface area contributed by atoms with Crippen LogP contribution in [0.3, 0.4) is 0 Å². The molecule has 1 heterocycles. The molecule has 6 atom stereocenters. The topological polar surface area (TPSA) is 36.9 Å². The van der Waals surface area contributed by atoms with Gasteiger partial charge in [0.1, 0.15) is 0 Å². The highest BCUT2D eigenvalue weighted by Crippen LogP contribution is 2.52. The van der Waals surface area contributed by atoms with Crippen molar-refractivity contribution in [1.29, 1.82) is 0 Å². The first-order chi connectivity index (χ1) is 20.0. The van der Waals surface area contributed by atoms with Crippen molar-refractivity contribution in [1.82, 2.24) is 0 Å². The van der Waals surface area contributed by atoms with Crippen LogP contribution in [0, 0.1) is 23.7 Å². The molecule has 3 saturated carbocycles. The molecule has 4 fully saturated rings. The molecule has 0 aromatic rings. The summed E-state index contributed by atoms with van der Waals surface area (Å²) in [5.41, 5.74) is 3.29. The fourth-order valence-corrected chi connectivity index (χ4v) is 10.6. The van der Waals surface area contributed by atoms with Gasteiger partial charge in [-0.1, -0.05) is 78.2 Å². The number of rotatable bonds is 10. The van der Waals surface area contributed by atoms with Gasteiger partial charge in [-0.15, -0.1) is 0 Å². The molecule has 0 radical (unpaired) electrons. The number of fused-ring (bicyclic) bond motifs is 1. The second-order valence-corrected chi connectivity index (χ2v) is 27.2. The van der Waals surface area contributed by atoms with Crippen molar-refractivity contribution in [3.63, 3.8) is 0 Å². The third-order valence-electron chi connectivity index (χ3n) is 12.5. The van der Waals surface area contributed by atoms with Gasteiger partial charge in [-0.3, -0.25) is 0 Å². The van der Waals surface area contributed by atoms with Crippen molar-refractivity contribution in [2.45, 2.75) is 174 Å². The lowest BCUT2D eigenvalue weighted by Gasteiger charge is -2.45. The van der Waals surface area contributed by atoms with E-state index >= 15 is 0 Å². The average molecular weight is 633 g/mol. The van der Waals surface area contributed by atoms with Gasteiger partial charge in [-0.05, 0) is 124 Å². The maximum absolute atomic E-state index is 7.07. The third-order valence-corrected chi connectivity index (χ3v) is 21.5. The van der Waals surface area contributed by atoms with Crippen molar-refractivity contribution in [3.8, 4) is 0 Å². The molecule has 4 nitrogen and oxygen atoms in total. The molecule has 0 spiro atoms. The Balaban J connectivity index is 1.44. The summed E-state index contributed by atoms with van der Waals surface area (Å²) in [7, 11) is -3.71. The number of hydrogen-bond donors (Lipinski definition) is 0. The fourth-order valence-electron chi connectivity index (χ4n) is 7.86. The highest BCUT2D eigenvalue weighted by Gasteiger charge is 2.44. The minimum atomic E-state index is -1.86. The van der Waals surface area contributed by atoms with Crippen LogP contribution in [-0.4, -0.2) is 48.3 Å². The molecule has 1 saturated heterocycles. The minimum Gasteiger partial charge on any atom is -0.414 e. The number of ether oxygens (including phenoxy) is 2. The van der Waals surface area contributed by atoms with E-state index in [0.717, 1.165) is 62.6 Å². The Bertz CT molecular complexity index is 928. The molecule has 1 aliphatic heterocycles. The molecule has 0 N–H and O–H groups in total. The van der Waals surface area contributed by atoms with Crippen LogP contribution in [0.15, 0.2) is 23.3 Å². The molecule has 1 unspecified atom stereocenters. The van der Waals surface area contributed by atoms with E-state index < -0.39 is 16.6 Å². The summed E-state index contributed by atoms with van der Waals surface area (Å²) in [6.45, 7) is 27.9. The highest BCUT2D eigenvalue weighted by molar-refractivity contribution is 6.74. The predicted molar refractivity (Wildman–Crippen MR) is 186 cm³/mol. The molecule has 0 aromatic carbocycles. The highest BCUT2D eigenvalue weighted by atomic mass is 28.4. The summed E-state index contributed by atoms with van der Waals surface area (Å²) < 4.78 is 25.5. The molecule has 6 heteroatoms. The van der Waals surface area contributed by atoms with Crippen molar-refractivity contribution in [2.75, 3.05) is 13.2 Å². The van der Waals surface area contributed by atoms with Gasteiger partial charge in [0.25, 0.3) is 0 Å². The van der Waals surface area contributed by atoms with E-state index in [4.69, 9.17) is 18.3 Å². The lowest BCUT2D eigenvalue weighted by molar-refractivity contribution is -0.0488. The Labute approximate surface area is 268 Å². The van der Waals surface area contributed by atoms with E-state index in [1.165, 1.54) is 44.9 Å². The van der Waals surface area contributed by atoms with Gasteiger partial charge in [0.15, 0.2) is 22.9 Å². The average Bonchev–Trinajstić information content (AvgIpc) is 3.56. The van der Waals surface area contributed by atoms with E-state index in [2.05, 4.69) is 86.8 Å². The van der Waals surface area contributed by atoms with E-state index in [0.29, 0.717) is 0 Å². The molecule has 43 heavy (non-hydrogen) atoms. The van der Waals surface area contributed by atoms with Crippen LogP contribution in [-0.2, 0) is 18.3 Å². The second kappa shape index (κ2) is 14.3. The van der Waals surface area contributed by atoms with Crippen LogP contribution in [0.25, 0.3) is 0 Å². The monoisotopic (exact) mass is 632 g/mol. The quantitative estimate of drug-likeness (QED) is 0.225. The lowest BCUT2D eigenvalue weighted by atomic mass is 9.71. The van der Waals surface area contributed by atoms with Crippen molar-refractivity contribution < 1.29 is 18.3 Å². The van der Waals surface area contributed by atoms with Gasteiger partial charge in [-0.25, -0.2) is 0 Å². The molecule has 248 valence electrons. The summed E-state index contributed by atoms with van der Waals surface area (Å²) in [6.07, 6.45) is 19.3. The van der Waals surface area contributed by atoms with Crippen molar-refractivity contribution in [3.05, 3.63) is 23.3 Å². The normalized spacial score (nSPS) is 31.5. The van der Waals surface area contributed by atoms with Gasteiger partial charge in [0.2, 0.25) is 0 Å². The first kappa shape index (κ1) is 35.6. The SMILES string of the molecule is CC(CCCC1OCCO1)[C@H]1CC[C@H]2C(=CC=C3C[C@@H](O[Si](C)(C)C(C)(C)C)C[C@H](O[Si](C)(C)C(C)(C)C)C3)CCC[C@H]12. The van der Waals surface area contributed by atoms with Crippen LogP contribution < -0.4 is 0 Å². The molecule has 4 aliphatic rings. The Hall–Kier alpha value is -0.246. The molecule has 0 bridgehead atoms. The molecular weight excluding hydrogens is 565 g/mol. The zero-order valence-electron chi connectivity index (χ0n) is 30.0. The van der Waals surface area contributed by atoms with Crippen LogP contribution in [0.2, 0.25) is 36.3 Å². The first-order valence-corrected chi connectivity index (χ1v) is 23.8. The van der Waals surface area contributed by atoms with E-state index in [1.54, 1.807) is 11.1 Å². The van der Waals surface area contributed by atoms with Gasteiger partial charge in [-0.2, -0.15) is 0 Å². The van der Waals surface area contributed by atoms with E-state index in [9.17, 15) is 0 Å². The molecule has 3 aliphatic carbocycles. The predicted octanol–water partition coefficient (Wildman–Crippen LogP) is 10.8. The Morgan fingerprint density at radius 1 is 0.837 bits per heavy atom.